The van der Waals surface area contributed by atoms with Gasteiger partial charge in [-0.2, -0.15) is 18.2 Å². The molecule has 42 heavy (non-hydrogen) atoms. The van der Waals surface area contributed by atoms with E-state index in [9.17, 15) is 18.0 Å². The molecule has 1 saturated carbocycles. The summed E-state index contributed by atoms with van der Waals surface area (Å²) in [6.45, 7) is 8.40. The van der Waals surface area contributed by atoms with Gasteiger partial charge in [0.15, 0.2) is 0 Å². The van der Waals surface area contributed by atoms with Gasteiger partial charge in [-0.25, -0.2) is 0 Å². The van der Waals surface area contributed by atoms with Gasteiger partial charge in [0.05, 0.1) is 11.5 Å². The van der Waals surface area contributed by atoms with Crippen LogP contribution in [-0.2, 0) is 28.7 Å². The molecule has 10 heteroatoms. The lowest BCUT2D eigenvalue weighted by Gasteiger charge is -2.38. The van der Waals surface area contributed by atoms with E-state index in [2.05, 4.69) is 27.2 Å². The van der Waals surface area contributed by atoms with Crippen molar-refractivity contribution >= 4 is 17.6 Å². The van der Waals surface area contributed by atoms with Gasteiger partial charge in [-0.15, -0.1) is 0 Å². The van der Waals surface area contributed by atoms with Crippen LogP contribution in [-0.4, -0.2) is 46.2 Å². The summed E-state index contributed by atoms with van der Waals surface area (Å²) in [6.07, 6.45) is 0.911. The number of halogens is 3. The number of benzene rings is 2. The first-order chi connectivity index (χ1) is 19.9. The van der Waals surface area contributed by atoms with E-state index in [1.165, 1.54) is 0 Å². The third-order valence-electron chi connectivity index (χ3n) is 8.45. The number of ether oxygens (including phenoxy) is 1. The summed E-state index contributed by atoms with van der Waals surface area (Å²) in [5.41, 5.74) is 2.83. The van der Waals surface area contributed by atoms with Gasteiger partial charge < -0.3 is 14.2 Å². The second-order valence-electron chi connectivity index (χ2n) is 12.8. The van der Waals surface area contributed by atoms with Crippen LogP contribution in [0.1, 0.15) is 81.0 Å². The second-order valence-corrected chi connectivity index (χ2v) is 12.8. The van der Waals surface area contributed by atoms with Crippen molar-refractivity contribution in [2.75, 3.05) is 24.5 Å². The normalized spacial score (nSPS) is 18.7. The summed E-state index contributed by atoms with van der Waals surface area (Å²) < 4.78 is 53.2. The lowest BCUT2D eigenvalue weighted by Crippen LogP contribution is -2.51. The molecule has 2 aromatic carbocycles. The quantitative estimate of drug-likeness (QED) is 0.283. The minimum absolute atomic E-state index is 0.0684. The molecule has 0 amide bonds. The zero-order chi connectivity index (χ0) is 29.6. The van der Waals surface area contributed by atoms with Gasteiger partial charge in [0.1, 0.15) is 5.60 Å². The molecule has 0 atom stereocenters. The molecule has 2 aliphatic heterocycles. The van der Waals surface area contributed by atoms with Crippen molar-refractivity contribution in [2.24, 2.45) is 5.92 Å². The van der Waals surface area contributed by atoms with Crippen molar-refractivity contribution in [1.29, 1.82) is 0 Å². The van der Waals surface area contributed by atoms with E-state index < -0.39 is 17.3 Å². The molecule has 0 radical (unpaired) electrons. The van der Waals surface area contributed by atoms with Gasteiger partial charge in [-0.3, -0.25) is 9.69 Å². The molecule has 3 aliphatic rings. The minimum atomic E-state index is -4.45. The van der Waals surface area contributed by atoms with Crippen LogP contribution in [0.3, 0.4) is 0 Å². The Morgan fingerprint density at radius 3 is 2.52 bits per heavy atom. The molecule has 7 nitrogen and oxygen atoms in total. The summed E-state index contributed by atoms with van der Waals surface area (Å²) in [5, 5.41) is 4.13. The third-order valence-corrected chi connectivity index (χ3v) is 8.45. The van der Waals surface area contributed by atoms with Gasteiger partial charge in [0.2, 0.25) is 0 Å². The number of likely N-dealkylation sites (tertiary alicyclic amines) is 1. The lowest BCUT2D eigenvalue weighted by atomic mass is 9.81. The molecule has 3 heterocycles. The highest BCUT2D eigenvalue weighted by molar-refractivity contribution is 5.74. The summed E-state index contributed by atoms with van der Waals surface area (Å²) in [5.74, 6) is 0.119. The van der Waals surface area contributed by atoms with E-state index >= 15 is 0 Å². The number of carbonyl (C=O) groups is 1. The number of carbonyl (C=O) groups excluding carboxylic acids is 1. The predicted molar refractivity (Wildman–Crippen MR) is 152 cm³/mol. The number of fused-ring (bicyclic) bond motifs is 1. The number of nitrogens with zero attached hydrogens (tertiary/aromatic N) is 4. The molecule has 0 spiro atoms. The smallest absolute Gasteiger partial charge is 0.416 e. The van der Waals surface area contributed by atoms with Crippen LogP contribution in [0, 0.1) is 5.92 Å². The maximum absolute atomic E-state index is 14.1. The first-order valence-electron chi connectivity index (χ1n) is 14.8. The standard InChI is InChI=1S/C32H37F3N4O3/c1-31(2,3)41-29(40)24-18-38(19-24)17-20-9-12-27-22(15-20)13-14-39(27)30-36-28(42-37-30)23-10-11-25(21-7-5-4-6-8-21)26(16-23)32(33,34)35/h9-12,15-16,21,24H,4-8,13-14,17-19H2,1-3H3. The second kappa shape index (κ2) is 11.0. The highest BCUT2D eigenvalue weighted by Crippen LogP contribution is 2.42. The maximum atomic E-state index is 14.1. The Bertz CT molecular complexity index is 1450. The Kier molecular flexibility index (Phi) is 7.53. The van der Waals surface area contributed by atoms with Crippen molar-refractivity contribution in [3.8, 4) is 11.5 Å². The fraction of sp³-hybridized carbons (Fsp3) is 0.531. The summed E-state index contributed by atoms with van der Waals surface area (Å²) in [7, 11) is 0. The van der Waals surface area contributed by atoms with E-state index in [0.717, 1.165) is 68.0 Å². The Morgan fingerprint density at radius 2 is 1.81 bits per heavy atom. The number of hydrogen-bond donors (Lipinski definition) is 0. The molecular weight excluding hydrogens is 545 g/mol. The van der Waals surface area contributed by atoms with Crippen LogP contribution < -0.4 is 4.90 Å². The van der Waals surface area contributed by atoms with Crippen LogP contribution in [0.5, 0.6) is 0 Å². The Hall–Kier alpha value is -3.40. The van der Waals surface area contributed by atoms with E-state index in [1.807, 2.05) is 31.7 Å². The number of anilines is 2. The fourth-order valence-electron chi connectivity index (χ4n) is 6.40. The molecule has 3 aromatic rings. The third kappa shape index (κ3) is 6.04. The van der Waals surface area contributed by atoms with Gasteiger partial charge in [-0.05, 0) is 86.0 Å². The van der Waals surface area contributed by atoms with E-state index in [-0.39, 0.29) is 29.3 Å². The Morgan fingerprint density at radius 1 is 1.05 bits per heavy atom. The average molecular weight is 583 g/mol. The topological polar surface area (TPSA) is 71.7 Å². The molecule has 1 aromatic heterocycles. The summed E-state index contributed by atoms with van der Waals surface area (Å²) in [4.78, 5) is 20.9. The summed E-state index contributed by atoms with van der Waals surface area (Å²) >= 11 is 0. The van der Waals surface area contributed by atoms with Crippen molar-refractivity contribution in [2.45, 2.75) is 83.5 Å². The first-order valence-corrected chi connectivity index (χ1v) is 14.8. The molecule has 0 unspecified atom stereocenters. The van der Waals surface area contributed by atoms with Crippen LogP contribution in [0.25, 0.3) is 11.5 Å². The van der Waals surface area contributed by atoms with Crippen LogP contribution in [0.2, 0.25) is 0 Å². The van der Waals surface area contributed by atoms with Gasteiger partial charge >= 0.3 is 12.1 Å². The number of rotatable bonds is 6. The first kappa shape index (κ1) is 28.7. The SMILES string of the molecule is CC(C)(C)OC(=O)C1CN(Cc2ccc3c(c2)CCN3c2noc(-c3ccc(C4CCCCC4)c(C(F)(F)F)c3)n2)C1. The highest BCUT2D eigenvalue weighted by Gasteiger charge is 2.37. The molecule has 224 valence electrons. The zero-order valence-corrected chi connectivity index (χ0v) is 24.3. The van der Waals surface area contributed by atoms with E-state index in [1.54, 1.807) is 12.1 Å². The fourth-order valence-corrected chi connectivity index (χ4v) is 6.40. The van der Waals surface area contributed by atoms with Crippen molar-refractivity contribution in [3.63, 3.8) is 0 Å². The average Bonchev–Trinajstić information content (AvgIpc) is 3.56. The molecule has 0 bridgehead atoms. The number of aromatic nitrogens is 2. The van der Waals surface area contributed by atoms with Gasteiger partial charge in [0.25, 0.3) is 11.8 Å². The van der Waals surface area contributed by atoms with Crippen molar-refractivity contribution < 1.29 is 27.2 Å². The van der Waals surface area contributed by atoms with Crippen molar-refractivity contribution in [3.05, 3.63) is 58.7 Å². The maximum Gasteiger partial charge on any atom is 0.416 e. The monoisotopic (exact) mass is 582 g/mol. The number of alkyl halides is 3. The van der Waals surface area contributed by atoms with Crippen LogP contribution >= 0.6 is 0 Å². The molecule has 6 rings (SSSR count). The largest absolute Gasteiger partial charge is 0.460 e. The van der Waals surface area contributed by atoms with Crippen molar-refractivity contribution in [1.82, 2.24) is 15.0 Å². The van der Waals surface area contributed by atoms with Gasteiger partial charge in [0, 0.05) is 37.4 Å². The lowest BCUT2D eigenvalue weighted by molar-refractivity contribution is -0.166. The molecular formula is C32H37F3N4O3. The van der Waals surface area contributed by atoms with E-state index in [0.29, 0.717) is 31.1 Å². The zero-order valence-electron chi connectivity index (χ0n) is 24.3. The van der Waals surface area contributed by atoms with Crippen LogP contribution in [0.4, 0.5) is 24.8 Å². The molecule has 2 fully saturated rings. The molecule has 1 aliphatic carbocycles. The Balaban J connectivity index is 1.13. The van der Waals surface area contributed by atoms with Crippen LogP contribution in [0.15, 0.2) is 40.9 Å². The molecule has 1 saturated heterocycles. The number of hydrogen-bond acceptors (Lipinski definition) is 7. The van der Waals surface area contributed by atoms with Gasteiger partial charge in [-0.1, -0.05) is 37.5 Å². The Labute approximate surface area is 244 Å². The summed E-state index contributed by atoms with van der Waals surface area (Å²) in [6, 6.07) is 10.7. The highest BCUT2D eigenvalue weighted by atomic mass is 19.4. The number of esters is 1. The molecule has 0 N–H and O–H groups in total. The predicted octanol–water partition coefficient (Wildman–Crippen LogP) is 7.27. The van der Waals surface area contributed by atoms with E-state index in [4.69, 9.17) is 9.26 Å². The minimum Gasteiger partial charge on any atom is -0.460 e.